The van der Waals surface area contributed by atoms with Gasteiger partial charge in [-0.15, -0.1) is 0 Å². The Morgan fingerprint density at radius 3 is 3.00 bits per heavy atom. The number of nitrogens with one attached hydrogen (secondary N) is 2. The van der Waals surface area contributed by atoms with E-state index in [1.807, 2.05) is 0 Å². The van der Waals surface area contributed by atoms with Gasteiger partial charge in [-0.1, -0.05) is 6.92 Å². The number of rotatable bonds is 2. The first-order valence-corrected chi connectivity index (χ1v) is 5.38. The van der Waals surface area contributed by atoms with Crippen LogP contribution in [0.25, 0.3) is 0 Å². The predicted molar refractivity (Wildman–Crippen MR) is 55.0 cm³/mol. The summed E-state index contributed by atoms with van der Waals surface area (Å²) >= 11 is 0. The average molecular weight is 197 g/mol. The van der Waals surface area contributed by atoms with Gasteiger partial charge in [-0.05, 0) is 18.4 Å². The number of nitrogens with zero attached hydrogens (tertiary/aromatic N) is 1. The second-order valence-corrected chi connectivity index (χ2v) is 4.80. The van der Waals surface area contributed by atoms with Crippen molar-refractivity contribution >= 4 is 5.91 Å². The van der Waals surface area contributed by atoms with Crippen LogP contribution in [0.1, 0.15) is 13.3 Å². The summed E-state index contributed by atoms with van der Waals surface area (Å²) in [6, 6.07) is 0. The Morgan fingerprint density at radius 1 is 1.50 bits per heavy atom. The molecule has 1 unspecified atom stereocenters. The SMILES string of the molecule is CC1(CN2CCNC(=O)C2)CCNC1. The second kappa shape index (κ2) is 3.87. The van der Waals surface area contributed by atoms with E-state index in [9.17, 15) is 4.79 Å². The van der Waals surface area contributed by atoms with Crippen molar-refractivity contribution in [1.82, 2.24) is 15.5 Å². The summed E-state index contributed by atoms with van der Waals surface area (Å²) < 4.78 is 0. The van der Waals surface area contributed by atoms with E-state index in [0.29, 0.717) is 12.0 Å². The van der Waals surface area contributed by atoms with E-state index >= 15 is 0 Å². The van der Waals surface area contributed by atoms with E-state index < -0.39 is 0 Å². The Bertz CT molecular complexity index is 223. The lowest BCUT2D eigenvalue weighted by Crippen LogP contribution is -2.50. The van der Waals surface area contributed by atoms with Crippen molar-refractivity contribution in [2.24, 2.45) is 5.41 Å². The van der Waals surface area contributed by atoms with Crippen LogP contribution in [-0.4, -0.2) is 50.1 Å². The van der Waals surface area contributed by atoms with Gasteiger partial charge >= 0.3 is 0 Å². The van der Waals surface area contributed by atoms with Gasteiger partial charge < -0.3 is 10.6 Å². The first-order chi connectivity index (χ1) is 6.68. The van der Waals surface area contributed by atoms with Crippen LogP contribution >= 0.6 is 0 Å². The van der Waals surface area contributed by atoms with Crippen LogP contribution in [0.3, 0.4) is 0 Å². The summed E-state index contributed by atoms with van der Waals surface area (Å²) in [5, 5.41) is 6.24. The Kier molecular flexibility index (Phi) is 2.74. The largest absolute Gasteiger partial charge is 0.354 e. The molecular formula is C10H19N3O. The molecular weight excluding hydrogens is 178 g/mol. The fourth-order valence-electron chi connectivity index (χ4n) is 2.37. The highest BCUT2D eigenvalue weighted by atomic mass is 16.2. The Hall–Kier alpha value is -0.610. The number of hydrogen-bond donors (Lipinski definition) is 2. The van der Waals surface area contributed by atoms with Gasteiger partial charge in [0.1, 0.15) is 0 Å². The number of carbonyl (C=O) groups is 1. The molecule has 4 nitrogen and oxygen atoms in total. The molecule has 2 saturated heterocycles. The molecule has 0 aromatic carbocycles. The second-order valence-electron chi connectivity index (χ2n) is 4.80. The van der Waals surface area contributed by atoms with Crippen molar-refractivity contribution in [3.05, 3.63) is 0 Å². The van der Waals surface area contributed by atoms with Crippen LogP contribution in [0, 0.1) is 5.41 Å². The molecule has 0 aromatic heterocycles. The predicted octanol–water partition coefficient (Wildman–Crippen LogP) is -0.582. The topological polar surface area (TPSA) is 44.4 Å². The molecule has 2 aliphatic rings. The van der Waals surface area contributed by atoms with E-state index in [1.165, 1.54) is 6.42 Å². The summed E-state index contributed by atoms with van der Waals surface area (Å²) in [4.78, 5) is 13.5. The highest BCUT2D eigenvalue weighted by Gasteiger charge is 2.31. The maximum atomic E-state index is 11.2. The number of amides is 1. The highest BCUT2D eigenvalue weighted by molar-refractivity contribution is 5.78. The normalized spacial score (nSPS) is 34.5. The van der Waals surface area contributed by atoms with Crippen LogP contribution < -0.4 is 10.6 Å². The van der Waals surface area contributed by atoms with Gasteiger partial charge in [0.25, 0.3) is 0 Å². The van der Waals surface area contributed by atoms with E-state index in [-0.39, 0.29) is 5.91 Å². The third-order valence-corrected chi connectivity index (χ3v) is 3.18. The average Bonchev–Trinajstić information content (AvgIpc) is 2.51. The van der Waals surface area contributed by atoms with Gasteiger partial charge in [-0.2, -0.15) is 0 Å². The molecule has 2 heterocycles. The molecule has 0 bridgehead atoms. The van der Waals surface area contributed by atoms with E-state index in [0.717, 1.165) is 32.7 Å². The molecule has 2 fully saturated rings. The zero-order valence-corrected chi connectivity index (χ0v) is 8.81. The lowest BCUT2D eigenvalue weighted by atomic mass is 9.89. The van der Waals surface area contributed by atoms with Gasteiger partial charge in [0.15, 0.2) is 0 Å². The molecule has 0 spiro atoms. The fraction of sp³-hybridized carbons (Fsp3) is 0.900. The van der Waals surface area contributed by atoms with Crippen molar-refractivity contribution in [3.8, 4) is 0 Å². The van der Waals surface area contributed by atoms with Crippen LogP contribution in [0.5, 0.6) is 0 Å². The summed E-state index contributed by atoms with van der Waals surface area (Å²) in [6.07, 6.45) is 1.23. The van der Waals surface area contributed by atoms with Gasteiger partial charge in [-0.3, -0.25) is 9.69 Å². The fourth-order valence-corrected chi connectivity index (χ4v) is 2.37. The standard InChI is InChI=1S/C10H19N3O/c1-10(2-3-11-7-10)8-13-5-4-12-9(14)6-13/h11H,2-8H2,1H3,(H,12,14). The monoisotopic (exact) mass is 197 g/mol. The van der Waals surface area contributed by atoms with Crippen molar-refractivity contribution in [2.45, 2.75) is 13.3 Å². The summed E-state index contributed by atoms with van der Waals surface area (Å²) in [7, 11) is 0. The molecule has 1 amide bonds. The maximum Gasteiger partial charge on any atom is 0.234 e. The molecule has 0 aromatic rings. The molecule has 14 heavy (non-hydrogen) atoms. The van der Waals surface area contributed by atoms with Gasteiger partial charge in [0, 0.05) is 26.2 Å². The molecule has 0 radical (unpaired) electrons. The molecule has 0 aliphatic carbocycles. The molecule has 2 rings (SSSR count). The number of piperazine rings is 1. The molecule has 2 aliphatic heterocycles. The van der Waals surface area contributed by atoms with E-state index in [4.69, 9.17) is 0 Å². The smallest absolute Gasteiger partial charge is 0.234 e. The number of carbonyl (C=O) groups excluding carboxylic acids is 1. The van der Waals surface area contributed by atoms with Crippen LogP contribution in [0.2, 0.25) is 0 Å². The lowest BCUT2D eigenvalue weighted by Gasteiger charge is -2.33. The van der Waals surface area contributed by atoms with Crippen molar-refractivity contribution in [1.29, 1.82) is 0 Å². The molecule has 4 heteroatoms. The molecule has 2 N–H and O–H groups in total. The third-order valence-electron chi connectivity index (χ3n) is 3.18. The lowest BCUT2D eigenvalue weighted by molar-refractivity contribution is -0.124. The minimum atomic E-state index is 0.172. The van der Waals surface area contributed by atoms with Crippen molar-refractivity contribution < 1.29 is 4.79 Å². The van der Waals surface area contributed by atoms with Crippen LogP contribution in [0.4, 0.5) is 0 Å². The highest BCUT2D eigenvalue weighted by Crippen LogP contribution is 2.25. The van der Waals surface area contributed by atoms with Gasteiger partial charge in [0.2, 0.25) is 5.91 Å². The maximum absolute atomic E-state index is 11.2. The van der Waals surface area contributed by atoms with Crippen LogP contribution in [-0.2, 0) is 4.79 Å². The van der Waals surface area contributed by atoms with Gasteiger partial charge in [-0.25, -0.2) is 0 Å². The minimum absolute atomic E-state index is 0.172. The van der Waals surface area contributed by atoms with Gasteiger partial charge in [0.05, 0.1) is 6.54 Å². The van der Waals surface area contributed by atoms with Crippen molar-refractivity contribution in [3.63, 3.8) is 0 Å². The summed E-state index contributed by atoms with van der Waals surface area (Å²) in [5.41, 5.74) is 0.373. The van der Waals surface area contributed by atoms with E-state index in [2.05, 4.69) is 22.5 Å². The van der Waals surface area contributed by atoms with Crippen LogP contribution in [0.15, 0.2) is 0 Å². The summed E-state index contributed by atoms with van der Waals surface area (Å²) in [5.74, 6) is 0.172. The van der Waals surface area contributed by atoms with E-state index in [1.54, 1.807) is 0 Å². The first-order valence-electron chi connectivity index (χ1n) is 5.38. The minimum Gasteiger partial charge on any atom is -0.354 e. The quantitative estimate of drug-likeness (QED) is 0.622. The Morgan fingerprint density at radius 2 is 2.36 bits per heavy atom. The Balaban J connectivity index is 1.86. The third kappa shape index (κ3) is 2.25. The Labute approximate surface area is 85.0 Å². The zero-order valence-electron chi connectivity index (χ0n) is 8.81. The zero-order chi connectivity index (χ0) is 10.0. The van der Waals surface area contributed by atoms with Crippen molar-refractivity contribution in [2.75, 3.05) is 39.3 Å². The number of hydrogen-bond acceptors (Lipinski definition) is 3. The molecule has 0 saturated carbocycles. The first kappa shape index (κ1) is 9.93. The molecule has 1 atom stereocenters. The molecule has 80 valence electrons. The summed E-state index contributed by atoms with van der Waals surface area (Å²) in [6.45, 7) is 7.95.